The van der Waals surface area contributed by atoms with Crippen molar-refractivity contribution in [2.45, 2.75) is 68.7 Å². The molecule has 1 aliphatic carbocycles. The van der Waals surface area contributed by atoms with Crippen LogP contribution < -0.4 is 4.72 Å². The Hall–Kier alpha value is -1.16. The zero-order valence-electron chi connectivity index (χ0n) is 17.9. The van der Waals surface area contributed by atoms with Crippen LogP contribution >= 0.6 is 0 Å². The summed E-state index contributed by atoms with van der Waals surface area (Å²) >= 11 is 0. The van der Waals surface area contributed by atoms with Crippen molar-refractivity contribution in [3.05, 3.63) is 29.8 Å². The summed E-state index contributed by atoms with van der Waals surface area (Å²) in [5, 5.41) is 0. The number of nitrogens with zero attached hydrogens (tertiary/aromatic N) is 1. The smallest absolute Gasteiger partial charge is 0.374 e. The quantitative estimate of drug-likeness (QED) is 0.578. The van der Waals surface area contributed by atoms with Gasteiger partial charge in [-0.25, -0.2) is 13.1 Å². The van der Waals surface area contributed by atoms with Crippen LogP contribution in [0.15, 0.2) is 29.2 Å². The number of hydrogen-bond donors (Lipinski definition) is 1. The summed E-state index contributed by atoms with van der Waals surface area (Å²) in [4.78, 5) is 1.97. The second kappa shape index (κ2) is 10.9. The molecule has 30 heavy (non-hydrogen) atoms. The summed E-state index contributed by atoms with van der Waals surface area (Å²) < 4.78 is 71.6. The fourth-order valence-corrected chi connectivity index (χ4v) is 4.93. The van der Waals surface area contributed by atoms with Crippen molar-refractivity contribution < 1.29 is 26.3 Å². The van der Waals surface area contributed by atoms with Gasteiger partial charge in [0.05, 0.1) is 22.7 Å². The van der Waals surface area contributed by atoms with Crippen LogP contribution in [0.5, 0.6) is 0 Å². The number of sulfonamides is 1. The van der Waals surface area contributed by atoms with Crippen molar-refractivity contribution in [3.8, 4) is 0 Å². The summed E-state index contributed by atoms with van der Waals surface area (Å²) in [6, 6.07) is 3.57. The van der Waals surface area contributed by atoms with E-state index < -0.39 is 21.8 Å². The van der Waals surface area contributed by atoms with E-state index in [-0.39, 0.29) is 29.6 Å². The molecule has 9 heteroatoms. The predicted octanol–water partition coefficient (Wildman–Crippen LogP) is 4.29. The fraction of sp³-hybridized carbons (Fsp3) is 0.714. The lowest BCUT2D eigenvalue weighted by Crippen LogP contribution is -2.36. The number of halogens is 3. The molecule has 1 N–H and O–H groups in total. The molecular weight excluding hydrogens is 417 g/mol. The number of hydrogen-bond acceptors (Lipinski definition) is 4. The van der Waals surface area contributed by atoms with Gasteiger partial charge in [0.2, 0.25) is 10.0 Å². The van der Waals surface area contributed by atoms with Gasteiger partial charge in [-0.2, -0.15) is 13.2 Å². The lowest BCUT2D eigenvalue weighted by molar-refractivity contribution is -0.137. The third kappa shape index (κ3) is 7.83. The molecule has 1 atom stereocenters. The first-order valence-electron chi connectivity index (χ1n) is 10.5. The Bertz CT molecular complexity index is 744. The number of rotatable bonds is 10. The van der Waals surface area contributed by atoms with Crippen LogP contribution in [0.3, 0.4) is 0 Å². The molecule has 2 rings (SSSR count). The van der Waals surface area contributed by atoms with Crippen LogP contribution in [0, 0.1) is 5.92 Å². The highest BCUT2D eigenvalue weighted by Crippen LogP contribution is 2.30. The van der Waals surface area contributed by atoms with E-state index in [1.807, 2.05) is 14.1 Å². The molecule has 1 unspecified atom stereocenters. The molecule has 0 radical (unpaired) electrons. The average Bonchev–Trinajstić information content (AvgIpc) is 2.67. The number of ether oxygens (including phenoxy) is 1. The van der Waals surface area contributed by atoms with Gasteiger partial charge < -0.3 is 9.64 Å². The molecule has 0 saturated heterocycles. The van der Waals surface area contributed by atoms with E-state index in [2.05, 4.69) is 16.5 Å². The number of likely N-dealkylation sites (N-methyl/N-ethyl adjacent to an activating group) is 1. The molecule has 5 nitrogen and oxygen atoms in total. The van der Waals surface area contributed by atoms with Crippen LogP contribution in [-0.4, -0.2) is 52.7 Å². The first-order chi connectivity index (χ1) is 14.0. The van der Waals surface area contributed by atoms with Gasteiger partial charge in [0.25, 0.3) is 0 Å². The normalized spacial score (nSPS) is 21.7. The monoisotopic (exact) mass is 450 g/mol. The van der Waals surface area contributed by atoms with Gasteiger partial charge in [-0.3, -0.25) is 0 Å². The van der Waals surface area contributed by atoms with Gasteiger partial charge in [-0.1, -0.05) is 13.3 Å². The Morgan fingerprint density at radius 1 is 1.13 bits per heavy atom. The van der Waals surface area contributed by atoms with Crippen LogP contribution in [0.2, 0.25) is 0 Å². The highest BCUT2D eigenvalue weighted by molar-refractivity contribution is 7.89. The number of benzene rings is 1. The van der Waals surface area contributed by atoms with Gasteiger partial charge in [0.1, 0.15) is 0 Å². The average molecular weight is 451 g/mol. The Labute approximate surface area is 178 Å². The molecule has 0 heterocycles. The van der Waals surface area contributed by atoms with Gasteiger partial charge >= 0.3 is 6.18 Å². The van der Waals surface area contributed by atoms with Gasteiger partial charge in [0.15, 0.2) is 0 Å². The molecular formula is C21H33F3N2O3S. The third-order valence-corrected chi connectivity index (χ3v) is 6.85. The maximum atomic E-state index is 12.6. The Kier molecular flexibility index (Phi) is 9.14. The van der Waals surface area contributed by atoms with Crippen molar-refractivity contribution in [2.75, 3.05) is 27.2 Å². The van der Waals surface area contributed by atoms with Gasteiger partial charge in [-0.15, -0.1) is 0 Å². The van der Waals surface area contributed by atoms with Crippen molar-refractivity contribution in [2.24, 2.45) is 5.92 Å². The zero-order valence-corrected chi connectivity index (χ0v) is 18.7. The molecule has 172 valence electrons. The van der Waals surface area contributed by atoms with Crippen LogP contribution in [0.4, 0.5) is 13.2 Å². The summed E-state index contributed by atoms with van der Waals surface area (Å²) in [6.07, 6.45) is 1.51. The lowest BCUT2D eigenvalue weighted by atomic mass is 9.87. The minimum atomic E-state index is -4.49. The van der Waals surface area contributed by atoms with E-state index >= 15 is 0 Å². The second-order valence-electron chi connectivity index (χ2n) is 8.33. The minimum Gasteiger partial charge on any atom is -0.374 e. The first-order valence-corrected chi connectivity index (χ1v) is 12.0. The van der Waals surface area contributed by atoms with Crippen molar-refractivity contribution in [3.63, 3.8) is 0 Å². The Morgan fingerprint density at radius 3 is 2.23 bits per heavy atom. The van der Waals surface area contributed by atoms with E-state index in [4.69, 9.17) is 4.74 Å². The Morgan fingerprint density at radius 2 is 1.73 bits per heavy atom. The summed E-state index contributed by atoms with van der Waals surface area (Å²) in [5.41, 5.74) is -0.865. The number of nitrogens with one attached hydrogen (secondary N) is 1. The van der Waals surface area contributed by atoms with Gasteiger partial charge in [-0.05, 0) is 76.4 Å². The molecule has 1 aromatic carbocycles. The standard InChI is InChI=1S/C21H33F3N2O3S/c1-4-5-19(15-26(2)3)29-18-10-6-16(7-11-18)14-25-30(27,28)20-12-8-17(9-13-20)21(22,23)24/h8-9,12-13,16,18-19,25H,4-7,10-11,14-15H2,1-3H3. The van der Waals surface area contributed by atoms with E-state index in [1.54, 1.807) is 0 Å². The van der Waals surface area contributed by atoms with Crippen LogP contribution in [0.1, 0.15) is 51.0 Å². The Balaban J connectivity index is 1.82. The SMILES string of the molecule is CCCC(CN(C)C)OC1CCC(CNS(=O)(=O)c2ccc(C(F)(F)F)cc2)CC1. The fourth-order valence-electron chi connectivity index (χ4n) is 3.81. The lowest BCUT2D eigenvalue weighted by Gasteiger charge is -2.32. The molecule has 1 saturated carbocycles. The maximum absolute atomic E-state index is 12.6. The molecule has 0 aliphatic heterocycles. The summed E-state index contributed by atoms with van der Waals surface area (Å²) in [6.45, 7) is 3.32. The molecule has 1 aromatic rings. The van der Waals surface area contributed by atoms with Crippen molar-refractivity contribution >= 4 is 10.0 Å². The topological polar surface area (TPSA) is 58.6 Å². The van der Waals surface area contributed by atoms with Gasteiger partial charge in [0, 0.05) is 13.1 Å². The van der Waals surface area contributed by atoms with E-state index in [0.29, 0.717) is 0 Å². The highest BCUT2D eigenvalue weighted by Gasteiger charge is 2.31. The van der Waals surface area contributed by atoms with Crippen molar-refractivity contribution in [1.82, 2.24) is 9.62 Å². The van der Waals surface area contributed by atoms with Crippen LogP contribution in [-0.2, 0) is 20.9 Å². The van der Waals surface area contributed by atoms with Crippen molar-refractivity contribution in [1.29, 1.82) is 0 Å². The zero-order chi connectivity index (χ0) is 22.4. The summed E-state index contributed by atoms with van der Waals surface area (Å²) in [5.74, 6) is 0.201. The van der Waals surface area contributed by atoms with E-state index in [9.17, 15) is 21.6 Å². The molecule has 1 fully saturated rings. The van der Waals surface area contributed by atoms with Crippen LogP contribution in [0.25, 0.3) is 0 Å². The minimum absolute atomic E-state index is 0.154. The molecule has 0 bridgehead atoms. The third-order valence-electron chi connectivity index (χ3n) is 5.41. The first kappa shape index (κ1) is 25.1. The molecule has 0 aromatic heterocycles. The highest BCUT2D eigenvalue weighted by atomic mass is 32.2. The molecule has 0 amide bonds. The maximum Gasteiger partial charge on any atom is 0.416 e. The van der Waals surface area contributed by atoms with E-state index in [1.165, 1.54) is 0 Å². The second-order valence-corrected chi connectivity index (χ2v) is 10.1. The largest absolute Gasteiger partial charge is 0.416 e. The predicted molar refractivity (Wildman–Crippen MR) is 111 cm³/mol. The molecule has 0 spiro atoms. The number of alkyl halides is 3. The van der Waals surface area contributed by atoms with E-state index in [0.717, 1.165) is 69.3 Å². The summed E-state index contributed by atoms with van der Waals surface area (Å²) in [7, 11) is 0.237. The molecule has 1 aliphatic rings.